The summed E-state index contributed by atoms with van der Waals surface area (Å²) in [5, 5.41) is 3.39. The number of hydrogen-bond donors (Lipinski definition) is 1. The van der Waals surface area contributed by atoms with E-state index in [0.29, 0.717) is 12.0 Å². The van der Waals surface area contributed by atoms with E-state index in [4.69, 9.17) is 4.74 Å². The molecule has 0 aromatic heterocycles. The maximum absolute atomic E-state index is 12.0. The van der Waals surface area contributed by atoms with Gasteiger partial charge in [-0.05, 0) is 52.6 Å². The maximum atomic E-state index is 12.0. The van der Waals surface area contributed by atoms with E-state index in [1.807, 2.05) is 25.7 Å². The van der Waals surface area contributed by atoms with E-state index in [-0.39, 0.29) is 24.1 Å². The number of carbonyl (C=O) groups excluding carboxylic acids is 1. The van der Waals surface area contributed by atoms with Gasteiger partial charge in [-0.25, -0.2) is 4.79 Å². The number of amides is 1. The number of ether oxygens (including phenoxy) is 1. The molecule has 0 spiro atoms. The Kier molecular flexibility index (Phi) is 4.67. The molecule has 2 heterocycles. The zero-order valence-electron chi connectivity index (χ0n) is 10.9. The van der Waals surface area contributed by atoms with Gasteiger partial charge in [0.1, 0.15) is 5.60 Å². The molecular weight excluding hydrogens is 240 g/mol. The molecule has 1 amide bonds. The van der Waals surface area contributed by atoms with Gasteiger partial charge in [0.25, 0.3) is 0 Å². The lowest BCUT2D eigenvalue weighted by Crippen LogP contribution is -2.47. The van der Waals surface area contributed by atoms with E-state index in [1.165, 1.54) is 0 Å². The molecule has 0 aromatic rings. The molecule has 0 radical (unpaired) electrons. The SMILES string of the molecule is CC(C)(C)OC(=O)N1CCC2CNCCC21.Cl. The Balaban J connectivity index is 0.00000144. The summed E-state index contributed by atoms with van der Waals surface area (Å²) in [5.74, 6) is 0.626. The van der Waals surface area contributed by atoms with Gasteiger partial charge in [0.2, 0.25) is 0 Å². The second-order valence-electron chi connectivity index (χ2n) is 5.78. The highest BCUT2D eigenvalue weighted by atomic mass is 35.5. The van der Waals surface area contributed by atoms with Crippen molar-refractivity contribution in [2.75, 3.05) is 19.6 Å². The molecule has 0 saturated carbocycles. The number of fused-ring (bicyclic) bond motifs is 1. The van der Waals surface area contributed by atoms with Crippen LogP contribution in [0.4, 0.5) is 4.79 Å². The summed E-state index contributed by atoms with van der Waals surface area (Å²) in [4.78, 5) is 13.9. The number of piperidine rings is 1. The number of hydrogen-bond acceptors (Lipinski definition) is 3. The second kappa shape index (κ2) is 5.44. The van der Waals surface area contributed by atoms with Gasteiger partial charge in [-0.2, -0.15) is 0 Å². The van der Waals surface area contributed by atoms with Gasteiger partial charge in [-0.3, -0.25) is 0 Å². The highest BCUT2D eigenvalue weighted by Gasteiger charge is 2.39. The molecule has 2 aliphatic heterocycles. The van der Waals surface area contributed by atoms with Crippen molar-refractivity contribution in [3.63, 3.8) is 0 Å². The molecule has 2 unspecified atom stereocenters. The molecule has 0 bridgehead atoms. The summed E-state index contributed by atoms with van der Waals surface area (Å²) in [6.07, 6.45) is 2.03. The van der Waals surface area contributed by atoms with Crippen molar-refractivity contribution in [3.05, 3.63) is 0 Å². The number of rotatable bonds is 0. The minimum absolute atomic E-state index is 0. The van der Waals surface area contributed by atoms with Crippen molar-refractivity contribution >= 4 is 18.5 Å². The summed E-state index contributed by atoms with van der Waals surface area (Å²) in [6.45, 7) is 8.67. The van der Waals surface area contributed by atoms with Gasteiger partial charge in [0.05, 0.1) is 0 Å². The van der Waals surface area contributed by atoms with E-state index in [1.54, 1.807) is 0 Å². The van der Waals surface area contributed by atoms with Crippen molar-refractivity contribution in [1.29, 1.82) is 0 Å². The fraction of sp³-hybridized carbons (Fsp3) is 0.917. The van der Waals surface area contributed by atoms with E-state index in [2.05, 4.69) is 5.32 Å². The number of carbonyl (C=O) groups is 1. The van der Waals surface area contributed by atoms with Crippen LogP contribution >= 0.6 is 12.4 Å². The number of halogens is 1. The molecule has 0 aliphatic carbocycles. The fourth-order valence-corrected chi connectivity index (χ4v) is 2.63. The Bertz CT molecular complexity index is 278. The van der Waals surface area contributed by atoms with Crippen LogP contribution in [0.15, 0.2) is 0 Å². The van der Waals surface area contributed by atoms with Gasteiger partial charge in [-0.15, -0.1) is 12.4 Å². The van der Waals surface area contributed by atoms with Crippen LogP contribution in [0.2, 0.25) is 0 Å². The molecule has 17 heavy (non-hydrogen) atoms. The van der Waals surface area contributed by atoms with Crippen LogP contribution in [0.5, 0.6) is 0 Å². The largest absolute Gasteiger partial charge is 0.444 e. The molecule has 5 heteroatoms. The molecule has 0 aromatic carbocycles. The minimum Gasteiger partial charge on any atom is -0.444 e. The van der Waals surface area contributed by atoms with Gasteiger partial charge in [-0.1, -0.05) is 0 Å². The van der Waals surface area contributed by atoms with Gasteiger partial charge in [0.15, 0.2) is 0 Å². The lowest BCUT2D eigenvalue weighted by atomic mass is 9.94. The normalized spacial score (nSPS) is 28.3. The van der Waals surface area contributed by atoms with Gasteiger partial charge < -0.3 is 15.0 Å². The highest BCUT2D eigenvalue weighted by Crippen LogP contribution is 2.29. The average Bonchev–Trinajstić information content (AvgIpc) is 2.58. The van der Waals surface area contributed by atoms with Crippen molar-refractivity contribution in [2.24, 2.45) is 5.92 Å². The Morgan fingerprint density at radius 2 is 2.06 bits per heavy atom. The summed E-state index contributed by atoms with van der Waals surface area (Å²) >= 11 is 0. The van der Waals surface area contributed by atoms with Crippen LogP contribution in [0.25, 0.3) is 0 Å². The predicted molar refractivity (Wildman–Crippen MR) is 69.6 cm³/mol. The third-order valence-electron chi connectivity index (χ3n) is 3.34. The smallest absolute Gasteiger partial charge is 0.410 e. The Morgan fingerprint density at radius 3 is 2.71 bits per heavy atom. The summed E-state index contributed by atoms with van der Waals surface area (Å²) in [6, 6.07) is 0.399. The topological polar surface area (TPSA) is 41.6 Å². The van der Waals surface area contributed by atoms with E-state index in [0.717, 1.165) is 32.5 Å². The predicted octanol–water partition coefficient (Wildman–Crippen LogP) is 2.03. The second-order valence-corrected chi connectivity index (χ2v) is 5.78. The van der Waals surface area contributed by atoms with E-state index < -0.39 is 0 Å². The third kappa shape index (κ3) is 3.49. The summed E-state index contributed by atoms with van der Waals surface area (Å²) in [7, 11) is 0. The number of likely N-dealkylation sites (tertiary alicyclic amines) is 1. The van der Waals surface area contributed by atoms with Crippen molar-refractivity contribution in [3.8, 4) is 0 Å². The first kappa shape index (κ1) is 14.6. The Labute approximate surface area is 109 Å². The van der Waals surface area contributed by atoms with Gasteiger partial charge in [0, 0.05) is 12.6 Å². The first-order chi connectivity index (χ1) is 7.47. The molecule has 2 saturated heterocycles. The van der Waals surface area contributed by atoms with E-state index in [9.17, 15) is 4.79 Å². The van der Waals surface area contributed by atoms with Crippen molar-refractivity contribution < 1.29 is 9.53 Å². The third-order valence-corrected chi connectivity index (χ3v) is 3.34. The standard InChI is InChI=1S/C12H22N2O2.ClH/c1-12(2,3)16-11(15)14-7-5-9-8-13-6-4-10(9)14;/h9-10,13H,4-8H2,1-3H3;1H. The zero-order chi connectivity index (χ0) is 11.8. The van der Waals surface area contributed by atoms with Gasteiger partial charge >= 0.3 is 6.09 Å². The fourth-order valence-electron chi connectivity index (χ4n) is 2.63. The maximum Gasteiger partial charge on any atom is 0.410 e. The monoisotopic (exact) mass is 262 g/mol. The minimum atomic E-state index is -0.387. The van der Waals surface area contributed by atoms with Crippen LogP contribution < -0.4 is 5.32 Å². The first-order valence-corrected chi connectivity index (χ1v) is 6.18. The number of nitrogens with one attached hydrogen (secondary N) is 1. The summed E-state index contributed by atoms with van der Waals surface area (Å²) in [5.41, 5.74) is -0.387. The quantitative estimate of drug-likeness (QED) is 0.726. The van der Waals surface area contributed by atoms with Crippen LogP contribution in [0.1, 0.15) is 33.6 Å². The van der Waals surface area contributed by atoms with Crippen LogP contribution in [-0.4, -0.2) is 42.3 Å². The molecule has 2 atom stereocenters. The summed E-state index contributed by atoms with van der Waals surface area (Å²) < 4.78 is 5.44. The van der Waals surface area contributed by atoms with Crippen LogP contribution in [0.3, 0.4) is 0 Å². The number of nitrogens with zero attached hydrogens (tertiary/aromatic N) is 1. The van der Waals surface area contributed by atoms with Crippen LogP contribution in [0, 0.1) is 5.92 Å². The van der Waals surface area contributed by atoms with Crippen molar-refractivity contribution in [1.82, 2.24) is 10.2 Å². The zero-order valence-corrected chi connectivity index (χ0v) is 11.7. The van der Waals surface area contributed by atoms with Crippen LogP contribution in [-0.2, 0) is 4.74 Å². The molecule has 100 valence electrons. The lowest BCUT2D eigenvalue weighted by Gasteiger charge is -2.33. The molecule has 2 rings (SSSR count). The molecule has 1 N–H and O–H groups in total. The molecule has 2 aliphatic rings. The highest BCUT2D eigenvalue weighted by molar-refractivity contribution is 5.85. The van der Waals surface area contributed by atoms with Crippen molar-refractivity contribution in [2.45, 2.75) is 45.3 Å². The molecule has 4 nitrogen and oxygen atoms in total. The average molecular weight is 263 g/mol. The molecule has 2 fully saturated rings. The lowest BCUT2D eigenvalue weighted by molar-refractivity contribution is 0.0189. The van der Waals surface area contributed by atoms with E-state index >= 15 is 0 Å². The Morgan fingerprint density at radius 1 is 1.35 bits per heavy atom. The molecular formula is C12H23ClN2O2. The first-order valence-electron chi connectivity index (χ1n) is 6.18. The Hall–Kier alpha value is -0.480.